The number of carbonyl (C=O) groups excluding carboxylic acids is 1. The van der Waals surface area contributed by atoms with Gasteiger partial charge in [-0.05, 0) is 36.4 Å². The summed E-state index contributed by atoms with van der Waals surface area (Å²) in [6.07, 6.45) is 1.30. The molecule has 2 aromatic carbocycles. The molecule has 0 radical (unpaired) electrons. The van der Waals surface area contributed by atoms with Crippen molar-refractivity contribution in [2.24, 2.45) is 5.10 Å². The lowest BCUT2D eigenvalue weighted by molar-refractivity contribution is -0.384. The molecule has 1 N–H and O–H groups in total. The summed E-state index contributed by atoms with van der Waals surface area (Å²) in [4.78, 5) is 22.3. The Balaban J connectivity index is 1.71. The number of benzene rings is 2. The van der Waals surface area contributed by atoms with Crippen LogP contribution in [0, 0.1) is 10.1 Å². The molecule has 1 amide bonds. The average Bonchev–Trinajstić information content (AvgIpc) is 3.10. The number of nitrogens with zero attached hydrogens (tertiary/aromatic N) is 2. The van der Waals surface area contributed by atoms with Crippen LogP contribution in [0.5, 0.6) is 0 Å². The first-order chi connectivity index (χ1) is 13.3. The van der Waals surface area contributed by atoms with Gasteiger partial charge in [0.1, 0.15) is 11.5 Å². The molecule has 0 spiro atoms. The van der Waals surface area contributed by atoms with Crippen LogP contribution >= 0.6 is 34.8 Å². The van der Waals surface area contributed by atoms with E-state index in [1.807, 2.05) is 0 Å². The van der Waals surface area contributed by atoms with Gasteiger partial charge in [-0.25, -0.2) is 5.43 Å². The zero-order chi connectivity index (χ0) is 20.3. The van der Waals surface area contributed by atoms with Crippen molar-refractivity contribution in [3.05, 3.63) is 85.0 Å². The molecule has 1 aromatic heterocycles. The topological polar surface area (TPSA) is 97.7 Å². The van der Waals surface area contributed by atoms with E-state index in [1.54, 1.807) is 18.2 Å². The van der Waals surface area contributed by atoms with Gasteiger partial charge in [0.15, 0.2) is 0 Å². The third kappa shape index (κ3) is 4.51. The van der Waals surface area contributed by atoms with E-state index in [1.165, 1.54) is 36.5 Å². The van der Waals surface area contributed by atoms with Crippen molar-refractivity contribution in [2.75, 3.05) is 0 Å². The third-order valence-electron chi connectivity index (χ3n) is 3.59. The molecule has 142 valence electrons. The van der Waals surface area contributed by atoms with Crippen LogP contribution in [0.3, 0.4) is 0 Å². The summed E-state index contributed by atoms with van der Waals surface area (Å²) in [6.45, 7) is 0. The molecule has 0 fully saturated rings. The number of nitro benzene ring substituents is 1. The molecular weight excluding hydrogens is 429 g/mol. The molecule has 10 heteroatoms. The lowest BCUT2D eigenvalue weighted by atomic mass is 10.1. The maximum Gasteiger partial charge on any atom is 0.272 e. The quantitative estimate of drug-likeness (QED) is 0.319. The van der Waals surface area contributed by atoms with Gasteiger partial charge in [0.2, 0.25) is 0 Å². The first-order valence-electron chi connectivity index (χ1n) is 7.68. The van der Waals surface area contributed by atoms with Crippen molar-refractivity contribution in [1.29, 1.82) is 0 Å². The van der Waals surface area contributed by atoms with Gasteiger partial charge >= 0.3 is 0 Å². The molecule has 28 heavy (non-hydrogen) atoms. The third-order valence-corrected chi connectivity index (χ3v) is 4.45. The van der Waals surface area contributed by atoms with Crippen LogP contribution in [-0.2, 0) is 0 Å². The van der Waals surface area contributed by atoms with Gasteiger partial charge in [-0.15, -0.1) is 0 Å². The molecule has 7 nitrogen and oxygen atoms in total. The Morgan fingerprint density at radius 1 is 1.07 bits per heavy atom. The molecule has 0 aliphatic heterocycles. The van der Waals surface area contributed by atoms with Crippen LogP contribution in [0.1, 0.15) is 16.1 Å². The van der Waals surface area contributed by atoms with Gasteiger partial charge in [-0.1, -0.05) is 34.8 Å². The maximum atomic E-state index is 12.1. The fraction of sp³-hybridized carbons (Fsp3) is 0. The predicted octanol–water partition coefficient (Wildman–Crippen LogP) is 5.58. The molecule has 0 atom stereocenters. The number of hydrazone groups is 1. The van der Waals surface area contributed by atoms with Crippen molar-refractivity contribution >= 4 is 52.6 Å². The van der Waals surface area contributed by atoms with Gasteiger partial charge in [-0.3, -0.25) is 14.9 Å². The Bertz CT molecular complexity index is 1100. The van der Waals surface area contributed by atoms with Crippen molar-refractivity contribution < 1.29 is 14.1 Å². The minimum atomic E-state index is -0.536. The van der Waals surface area contributed by atoms with Crippen molar-refractivity contribution in [2.45, 2.75) is 0 Å². The average molecular weight is 439 g/mol. The number of hydrogen-bond acceptors (Lipinski definition) is 5. The lowest BCUT2D eigenvalue weighted by Gasteiger charge is -2.02. The summed E-state index contributed by atoms with van der Waals surface area (Å²) in [6, 6.07) is 11.8. The highest BCUT2D eigenvalue weighted by molar-refractivity contribution is 6.36. The van der Waals surface area contributed by atoms with E-state index in [-0.39, 0.29) is 21.3 Å². The highest BCUT2D eigenvalue weighted by atomic mass is 35.5. The second-order valence-electron chi connectivity index (χ2n) is 5.45. The summed E-state index contributed by atoms with van der Waals surface area (Å²) in [5.41, 5.74) is 2.92. The number of amides is 1. The fourth-order valence-electron chi connectivity index (χ4n) is 2.27. The molecule has 0 saturated heterocycles. The largest absolute Gasteiger partial charge is 0.455 e. The van der Waals surface area contributed by atoms with Crippen molar-refractivity contribution in [3.8, 4) is 11.3 Å². The van der Waals surface area contributed by atoms with Gasteiger partial charge < -0.3 is 4.42 Å². The predicted molar refractivity (Wildman–Crippen MR) is 107 cm³/mol. The first-order valence-corrected chi connectivity index (χ1v) is 8.81. The Morgan fingerprint density at radius 3 is 2.54 bits per heavy atom. The van der Waals surface area contributed by atoms with E-state index in [0.29, 0.717) is 22.1 Å². The molecule has 0 aliphatic rings. The number of carbonyl (C=O) groups is 1. The van der Waals surface area contributed by atoms with E-state index in [2.05, 4.69) is 10.5 Å². The molecule has 1 heterocycles. The molecule has 0 bridgehead atoms. The Kier molecular flexibility index (Phi) is 5.99. The zero-order valence-corrected chi connectivity index (χ0v) is 16.1. The summed E-state index contributed by atoms with van der Waals surface area (Å²) in [7, 11) is 0. The van der Waals surface area contributed by atoms with Crippen molar-refractivity contribution in [1.82, 2.24) is 5.43 Å². The van der Waals surface area contributed by atoms with Gasteiger partial charge in [0, 0.05) is 22.7 Å². The Hall–Kier alpha value is -2.87. The van der Waals surface area contributed by atoms with E-state index >= 15 is 0 Å². The highest BCUT2D eigenvalue weighted by Gasteiger charge is 2.13. The smallest absolute Gasteiger partial charge is 0.272 e. The molecule has 3 aromatic rings. The number of non-ortho nitro benzene ring substituents is 1. The number of nitrogens with one attached hydrogen (secondary N) is 1. The van der Waals surface area contributed by atoms with E-state index < -0.39 is 10.8 Å². The van der Waals surface area contributed by atoms with Gasteiger partial charge in [0.05, 0.1) is 26.7 Å². The molecule has 0 saturated carbocycles. The molecule has 0 aliphatic carbocycles. The van der Waals surface area contributed by atoms with E-state index in [4.69, 9.17) is 39.2 Å². The second-order valence-corrected chi connectivity index (χ2v) is 6.70. The standard InChI is InChI=1S/C18H10Cl3N3O4/c19-10-1-4-14(15(20)7-10)18(25)23-22-9-12-3-6-17(28-12)13-5-2-11(24(26)27)8-16(13)21/h1-9H,(H,23,25)/b22-9+. The Morgan fingerprint density at radius 2 is 1.86 bits per heavy atom. The van der Waals surface area contributed by atoms with Crippen LogP contribution in [0.25, 0.3) is 11.3 Å². The summed E-state index contributed by atoms with van der Waals surface area (Å²) in [5.74, 6) is 0.225. The molecule has 3 rings (SSSR count). The normalized spacial score (nSPS) is 11.0. The minimum absolute atomic E-state index is 0.120. The molecular formula is C18H10Cl3N3O4. The number of rotatable bonds is 5. The highest BCUT2D eigenvalue weighted by Crippen LogP contribution is 2.32. The van der Waals surface area contributed by atoms with Crippen molar-refractivity contribution in [3.63, 3.8) is 0 Å². The van der Waals surface area contributed by atoms with Gasteiger partial charge in [-0.2, -0.15) is 5.10 Å². The molecule has 0 unspecified atom stereocenters. The number of furan rings is 1. The lowest BCUT2D eigenvalue weighted by Crippen LogP contribution is -2.17. The van der Waals surface area contributed by atoms with Crippen LogP contribution in [0.2, 0.25) is 15.1 Å². The summed E-state index contributed by atoms with van der Waals surface area (Å²) in [5, 5.41) is 15.4. The monoisotopic (exact) mass is 437 g/mol. The van der Waals surface area contributed by atoms with Crippen LogP contribution in [-0.4, -0.2) is 17.0 Å². The number of hydrogen-bond donors (Lipinski definition) is 1. The summed E-state index contributed by atoms with van der Waals surface area (Å²) >= 11 is 17.8. The van der Waals surface area contributed by atoms with Crippen LogP contribution in [0.4, 0.5) is 5.69 Å². The van der Waals surface area contributed by atoms with Crippen LogP contribution < -0.4 is 5.43 Å². The fourth-order valence-corrected chi connectivity index (χ4v) is 3.03. The van der Waals surface area contributed by atoms with Crippen LogP contribution in [0.15, 0.2) is 58.0 Å². The number of nitro groups is 1. The summed E-state index contributed by atoms with van der Waals surface area (Å²) < 4.78 is 5.58. The Labute approximate surface area is 173 Å². The first kappa shape index (κ1) is 19.9. The minimum Gasteiger partial charge on any atom is -0.455 e. The zero-order valence-electron chi connectivity index (χ0n) is 13.9. The number of halogens is 3. The van der Waals surface area contributed by atoms with E-state index in [9.17, 15) is 14.9 Å². The second kappa shape index (κ2) is 8.43. The maximum absolute atomic E-state index is 12.1. The SMILES string of the molecule is O=C(N/N=C/c1ccc(-c2ccc([N+](=O)[O-])cc2Cl)o1)c1ccc(Cl)cc1Cl. The van der Waals surface area contributed by atoms with E-state index in [0.717, 1.165) is 0 Å². The van der Waals surface area contributed by atoms with Gasteiger partial charge in [0.25, 0.3) is 11.6 Å².